The molecule has 0 bridgehead atoms. The van der Waals surface area contributed by atoms with Crippen LogP contribution in [0.15, 0.2) is 48.1 Å². The Bertz CT molecular complexity index is 1740. The molecule has 13 nitrogen and oxygen atoms in total. The Balaban J connectivity index is 0.00000696. The molecule has 2 aromatic heterocycles. The van der Waals surface area contributed by atoms with Crippen LogP contribution in [0.3, 0.4) is 0 Å². The number of hydrogen-bond acceptors (Lipinski definition) is 10. The number of β-amino-alcohol motifs (C(OH)–C–C–N with tert-alkyl or cyclic N) is 1. The Kier molecular flexibility index (Phi) is 16.6. The van der Waals surface area contributed by atoms with Crippen molar-refractivity contribution in [2.75, 3.05) is 44.2 Å². The number of piperazine rings is 1. The van der Waals surface area contributed by atoms with Crippen molar-refractivity contribution in [2.45, 2.75) is 104 Å². The van der Waals surface area contributed by atoms with Gasteiger partial charge in [0.1, 0.15) is 17.9 Å². The van der Waals surface area contributed by atoms with E-state index in [9.17, 15) is 24.3 Å². The van der Waals surface area contributed by atoms with Crippen LogP contribution in [0.2, 0.25) is 0 Å². The van der Waals surface area contributed by atoms with Gasteiger partial charge in [0.25, 0.3) is 5.91 Å². The van der Waals surface area contributed by atoms with Crippen molar-refractivity contribution in [1.82, 2.24) is 36.1 Å². The number of anilines is 1. The summed E-state index contributed by atoms with van der Waals surface area (Å²) in [4.78, 5) is 66.8. The molecule has 2 aliphatic heterocycles. The summed E-state index contributed by atoms with van der Waals surface area (Å²) in [6, 6.07) is 9.67. The van der Waals surface area contributed by atoms with Gasteiger partial charge in [-0.15, -0.1) is 23.7 Å². The molecular formula is C41H59ClN8O5S. The van der Waals surface area contributed by atoms with Crippen LogP contribution in [0, 0.1) is 12.3 Å². The van der Waals surface area contributed by atoms with E-state index in [0.29, 0.717) is 18.5 Å². The summed E-state index contributed by atoms with van der Waals surface area (Å²) in [6.45, 7) is 13.8. The monoisotopic (exact) mass is 810 g/mol. The van der Waals surface area contributed by atoms with Crippen molar-refractivity contribution < 1.29 is 24.3 Å². The smallest absolute Gasteiger partial charge is 0.252 e. The Morgan fingerprint density at radius 2 is 1.66 bits per heavy atom. The number of rotatable bonds is 16. The molecule has 306 valence electrons. The van der Waals surface area contributed by atoms with E-state index in [1.165, 1.54) is 4.90 Å². The second-order valence-electron chi connectivity index (χ2n) is 15.8. The highest BCUT2D eigenvalue weighted by molar-refractivity contribution is 7.13. The minimum absolute atomic E-state index is 0. The van der Waals surface area contributed by atoms with Gasteiger partial charge in [0, 0.05) is 58.3 Å². The average molecular weight is 811 g/mol. The first-order valence-corrected chi connectivity index (χ1v) is 20.5. The lowest BCUT2D eigenvalue weighted by atomic mass is 9.85. The van der Waals surface area contributed by atoms with Crippen LogP contribution < -0.4 is 26.2 Å². The van der Waals surface area contributed by atoms with Crippen molar-refractivity contribution in [3.8, 4) is 10.4 Å². The summed E-state index contributed by atoms with van der Waals surface area (Å²) in [5.74, 6) is -0.173. The summed E-state index contributed by atoms with van der Waals surface area (Å²) in [6.07, 6.45) is 5.39. The predicted octanol–water partition coefficient (Wildman–Crippen LogP) is 4.79. The van der Waals surface area contributed by atoms with Crippen LogP contribution >= 0.6 is 23.7 Å². The summed E-state index contributed by atoms with van der Waals surface area (Å²) in [7, 11) is 0. The predicted molar refractivity (Wildman–Crippen MR) is 223 cm³/mol. The minimum atomic E-state index is -0.863. The van der Waals surface area contributed by atoms with Gasteiger partial charge in [-0.3, -0.25) is 19.2 Å². The molecular weight excluding hydrogens is 752 g/mol. The third kappa shape index (κ3) is 12.2. The van der Waals surface area contributed by atoms with Gasteiger partial charge in [-0.05, 0) is 55.4 Å². The summed E-state index contributed by atoms with van der Waals surface area (Å²) < 4.78 is 0. The fourth-order valence-electron chi connectivity index (χ4n) is 7.09. The Morgan fingerprint density at radius 1 is 0.964 bits per heavy atom. The zero-order valence-electron chi connectivity index (χ0n) is 33.3. The average Bonchev–Trinajstić information content (AvgIpc) is 3.79. The molecule has 4 amide bonds. The zero-order chi connectivity index (χ0) is 39.5. The number of carbonyl (C=O) groups excluding carboxylic acids is 4. The maximum absolute atomic E-state index is 14.0. The van der Waals surface area contributed by atoms with Gasteiger partial charge in [0.2, 0.25) is 17.7 Å². The first kappa shape index (κ1) is 44.6. The number of amides is 4. The van der Waals surface area contributed by atoms with Crippen molar-refractivity contribution >= 4 is 53.2 Å². The van der Waals surface area contributed by atoms with E-state index in [0.717, 1.165) is 79.4 Å². The summed E-state index contributed by atoms with van der Waals surface area (Å²) in [5, 5.41) is 22.9. The van der Waals surface area contributed by atoms with Gasteiger partial charge < -0.3 is 36.2 Å². The molecule has 15 heteroatoms. The fourth-order valence-corrected chi connectivity index (χ4v) is 7.91. The molecule has 0 saturated carbocycles. The molecule has 5 N–H and O–H groups in total. The molecule has 4 heterocycles. The molecule has 1 aromatic carbocycles. The van der Waals surface area contributed by atoms with Crippen LogP contribution in [0.4, 0.5) is 5.82 Å². The number of halogens is 1. The Hall–Kier alpha value is -4.11. The standard InChI is InChI=1S/C41H58N8O5S.ClH/c1-27(29-12-14-30(15-13-29)36-28(2)45-26-55-36)46-39(53)33-23-32(50)25-49(33)40(54)37(41(3,4)5)47-35(51)11-9-7-6-8-10-18-43-38(52)31-16-17-34(44-24-31)48-21-19-42-20-22-48;/h12-17,24,26-27,32-33,37,42,50H,6-11,18-23,25H2,1-5H3,(H,43,52)(H,46,53)(H,47,51);1H/t27-,32+,33-,37+;/m0./s1. The van der Waals surface area contributed by atoms with Crippen molar-refractivity contribution in [3.05, 3.63) is 64.9 Å². The van der Waals surface area contributed by atoms with Gasteiger partial charge in [-0.2, -0.15) is 0 Å². The summed E-state index contributed by atoms with van der Waals surface area (Å²) in [5.41, 5.74) is 4.70. The van der Waals surface area contributed by atoms with Crippen LogP contribution in [0.5, 0.6) is 0 Å². The van der Waals surface area contributed by atoms with E-state index in [-0.39, 0.29) is 61.5 Å². The molecule has 2 saturated heterocycles. The maximum atomic E-state index is 14.0. The normalized spacial score (nSPS) is 18.1. The first-order valence-electron chi connectivity index (χ1n) is 19.6. The number of aliphatic hydroxyl groups excluding tert-OH is 1. The highest BCUT2D eigenvalue weighted by Gasteiger charge is 2.44. The quantitative estimate of drug-likeness (QED) is 0.128. The minimum Gasteiger partial charge on any atom is -0.391 e. The molecule has 2 aliphatic rings. The van der Waals surface area contributed by atoms with Gasteiger partial charge in [0.05, 0.1) is 33.8 Å². The second-order valence-corrected chi connectivity index (χ2v) is 16.7. The van der Waals surface area contributed by atoms with Crippen LogP contribution in [-0.2, 0) is 14.4 Å². The number of hydrogen-bond donors (Lipinski definition) is 5. The number of aromatic nitrogens is 2. The number of aliphatic hydroxyl groups is 1. The Labute approximate surface area is 341 Å². The number of aryl methyl sites for hydroxylation is 1. The maximum Gasteiger partial charge on any atom is 0.252 e. The fraction of sp³-hybridized carbons (Fsp3) is 0.561. The number of carbonyl (C=O) groups is 4. The number of likely N-dealkylation sites (tertiary alicyclic amines) is 1. The molecule has 2 fully saturated rings. The molecule has 0 unspecified atom stereocenters. The SMILES string of the molecule is Cc1ncsc1-c1ccc([C@H](C)NC(=O)[C@@H]2C[C@@H](O)CN2C(=O)[C@@H](NC(=O)CCCCCCCNC(=O)c2ccc(N3CCNCC3)nc2)C(C)(C)C)cc1.Cl. The number of nitrogens with one attached hydrogen (secondary N) is 4. The number of thiazole rings is 1. The summed E-state index contributed by atoms with van der Waals surface area (Å²) >= 11 is 1.58. The first-order chi connectivity index (χ1) is 26.3. The third-order valence-electron chi connectivity index (χ3n) is 10.4. The molecule has 56 heavy (non-hydrogen) atoms. The molecule has 0 spiro atoms. The van der Waals surface area contributed by atoms with E-state index in [1.807, 2.05) is 76.5 Å². The molecule has 0 aliphatic carbocycles. The lowest BCUT2D eigenvalue weighted by Crippen LogP contribution is -2.57. The number of nitrogens with zero attached hydrogens (tertiary/aromatic N) is 4. The molecule has 0 radical (unpaired) electrons. The van der Waals surface area contributed by atoms with Crippen molar-refractivity contribution in [2.24, 2.45) is 5.41 Å². The van der Waals surface area contributed by atoms with E-state index in [2.05, 4.69) is 36.1 Å². The van der Waals surface area contributed by atoms with E-state index < -0.39 is 23.6 Å². The van der Waals surface area contributed by atoms with Gasteiger partial charge in [-0.25, -0.2) is 9.97 Å². The largest absolute Gasteiger partial charge is 0.391 e. The van der Waals surface area contributed by atoms with E-state index in [1.54, 1.807) is 17.5 Å². The van der Waals surface area contributed by atoms with Gasteiger partial charge in [-0.1, -0.05) is 64.3 Å². The van der Waals surface area contributed by atoms with E-state index in [4.69, 9.17) is 0 Å². The zero-order valence-corrected chi connectivity index (χ0v) is 34.9. The third-order valence-corrected chi connectivity index (χ3v) is 11.4. The number of unbranched alkanes of at least 4 members (excludes halogenated alkanes) is 4. The molecule has 4 atom stereocenters. The van der Waals surface area contributed by atoms with Gasteiger partial charge in [0.15, 0.2) is 0 Å². The number of benzene rings is 1. The van der Waals surface area contributed by atoms with Crippen LogP contribution in [0.1, 0.15) is 100 Å². The van der Waals surface area contributed by atoms with Crippen molar-refractivity contribution in [3.63, 3.8) is 0 Å². The Morgan fingerprint density at radius 3 is 2.30 bits per heavy atom. The molecule has 3 aromatic rings. The highest BCUT2D eigenvalue weighted by atomic mass is 35.5. The van der Waals surface area contributed by atoms with Gasteiger partial charge >= 0.3 is 0 Å². The topological polar surface area (TPSA) is 169 Å². The lowest BCUT2D eigenvalue weighted by Gasteiger charge is -2.35. The second kappa shape index (κ2) is 20.9. The highest BCUT2D eigenvalue weighted by Crippen LogP contribution is 2.30. The van der Waals surface area contributed by atoms with E-state index >= 15 is 0 Å². The van der Waals surface area contributed by atoms with Crippen molar-refractivity contribution in [1.29, 1.82) is 0 Å². The van der Waals surface area contributed by atoms with Crippen LogP contribution in [0.25, 0.3) is 10.4 Å². The molecule has 5 rings (SSSR count). The number of pyridine rings is 1. The lowest BCUT2D eigenvalue weighted by molar-refractivity contribution is -0.144. The van der Waals surface area contributed by atoms with Crippen LogP contribution in [-0.4, -0.2) is 101 Å².